The van der Waals surface area contributed by atoms with Gasteiger partial charge in [0, 0.05) is 23.7 Å². The number of pyridine rings is 1. The molecule has 0 spiro atoms. The fourth-order valence-electron chi connectivity index (χ4n) is 4.62. The normalized spacial score (nSPS) is 23.2. The molecule has 1 N–H and O–H groups in total. The quantitative estimate of drug-likeness (QED) is 0.824. The zero-order valence-corrected chi connectivity index (χ0v) is 16.8. The molecular weight excluding hydrogens is 350 g/mol. The molecule has 0 aliphatic heterocycles. The molecule has 0 bridgehead atoms. The highest BCUT2D eigenvalue weighted by atomic mass is 16.5. The van der Waals surface area contributed by atoms with Gasteiger partial charge in [-0.25, -0.2) is 0 Å². The van der Waals surface area contributed by atoms with E-state index in [-0.39, 0.29) is 18.1 Å². The molecule has 1 aromatic carbocycles. The molecule has 1 heterocycles. The van der Waals surface area contributed by atoms with Crippen molar-refractivity contribution < 1.29 is 9.53 Å². The summed E-state index contributed by atoms with van der Waals surface area (Å²) in [5, 5.41) is 4.34. The average molecular weight is 382 g/mol. The van der Waals surface area contributed by atoms with Crippen molar-refractivity contribution in [1.29, 1.82) is 0 Å². The van der Waals surface area contributed by atoms with Crippen LogP contribution in [0.15, 0.2) is 36.5 Å². The number of hydrogen-bond acceptors (Lipinski definition) is 4. The van der Waals surface area contributed by atoms with Gasteiger partial charge in [-0.15, -0.1) is 0 Å². The second-order valence-corrected chi connectivity index (χ2v) is 8.37. The molecule has 2 fully saturated rings. The summed E-state index contributed by atoms with van der Waals surface area (Å²) in [7, 11) is 2.08. The van der Waals surface area contributed by atoms with Crippen LogP contribution in [0.25, 0.3) is 10.9 Å². The summed E-state index contributed by atoms with van der Waals surface area (Å²) >= 11 is 0. The van der Waals surface area contributed by atoms with E-state index in [0.717, 1.165) is 42.3 Å². The standard InChI is InChI=1S/C23H31N3O2/c1-26(19-6-2-3-7-19)16-23(27)25-18-8-10-20(11-9-18)28-21-12-13-22-17(15-21)5-4-14-24-22/h4-5,12-15,18-20H,2-3,6-11,16H2,1H3,(H,25,27). The Balaban J connectivity index is 1.22. The summed E-state index contributed by atoms with van der Waals surface area (Å²) in [6.07, 6.45) is 11.0. The number of nitrogens with one attached hydrogen (secondary N) is 1. The fourth-order valence-corrected chi connectivity index (χ4v) is 4.62. The minimum Gasteiger partial charge on any atom is -0.490 e. The van der Waals surface area contributed by atoms with Gasteiger partial charge in [-0.05, 0) is 69.8 Å². The molecule has 0 saturated heterocycles. The first-order valence-electron chi connectivity index (χ1n) is 10.7. The summed E-state index contributed by atoms with van der Waals surface area (Å²) in [4.78, 5) is 19.0. The number of likely N-dealkylation sites (N-methyl/N-ethyl adjacent to an activating group) is 1. The summed E-state index contributed by atoms with van der Waals surface area (Å²) in [6, 6.07) is 11.0. The Kier molecular flexibility index (Phi) is 6.10. The molecule has 5 nitrogen and oxygen atoms in total. The number of hydrogen-bond donors (Lipinski definition) is 1. The Morgan fingerprint density at radius 3 is 2.71 bits per heavy atom. The van der Waals surface area contributed by atoms with Gasteiger partial charge in [-0.1, -0.05) is 18.9 Å². The van der Waals surface area contributed by atoms with Crippen LogP contribution in [-0.4, -0.2) is 47.6 Å². The first-order valence-corrected chi connectivity index (χ1v) is 10.7. The van der Waals surface area contributed by atoms with Crippen LogP contribution >= 0.6 is 0 Å². The van der Waals surface area contributed by atoms with Crippen LogP contribution in [0.4, 0.5) is 0 Å². The van der Waals surface area contributed by atoms with Gasteiger partial charge in [0.05, 0.1) is 18.2 Å². The molecule has 28 heavy (non-hydrogen) atoms. The van der Waals surface area contributed by atoms with Crippen LogP contribution in [0, 0.1) is 0 Å². The van der Waals surface area contributed by atoms with Crippen LogP contribution in [-0.2, 0) is 4.79 Å². The van der Waals surface area contributed by atoms with Gasteiger partial charge in [0.2, 0.25) is 5.91 Å². The molecule has 0 unspecified atom stereocenters. The van der Waals surface area contributed by atoms with Gasteiger partial charge in [-0.2, -0.15) is 0 Å². The molecule has 2 aliphatic carbocycles. The number of benzene rings is 1. The highest BCUT2D eigenvalue weighted by Crippen LogP contribution is 2.26. The molecular formula is C23H31N3O2. The Hall–Kier alpha value is -2.14. The molecule has 4 rings (SSSR count). The number of aromatic nitrogens is 1. The lowest BCUT2D eigenvalue weighted by molar-refractivity contribution is -0.123. The van der Waals surface area contributed by atoms with E-state index in [0.29, 0.717) is 12.6 Å². The van der Waals surface area contributed by atoms with E-state index in [1.54, 1.807) is 0 Å². The molecule has 1 aromatic heterocycles. The Bertz CT molecular complexity index is 795. The minimum absolute atomic E-state index is 0.167. The number of carbonyl (C=O) groups excluding carboxylic acids is 1. The second kappa shape index (κ2) is 8.91. The van der Waals surface area contributed by atoms with Gasteiger partial charge >= 0.3 is 0 Å². The smallest absolute Gasteiger partial charge is 0.234 e. The van der Waals surface area contributed by atoms with Crippen molar-refractivity contribution in [3.63, 3.8) is 0 Å². The number of ether oxygens (including phenoxy) is 1. The van der Waals surface area contributed by atoms with Crippen LogP contribution in [0.2, 0.25) is 0 Å². The Morgan fingerprint density at radius 1 is 1.14 bits per heavy atom. The summed E-state index contributed by atoms with van der Waals surface area (Å²) in [6.45, 7) is 0.520. The zero-order valence-electron chi connectivity index (χ0n) is 16.8. The van der Waals surface area contributed by atoms with Crippen molar-refractivity contribution in [2.45, 2.75) is 69.6 Å². The van der Waals surface area contributed by atoms with Crippen molar-refractivity contribution in [2.75, 3.05) is 13.6 Å². The number of nitrogens with zero attached hydrogens (tertiary/aromatic N) is 2. The lowest BCUT2D eigenvalue weighted by atomic mass is 9.93. The van der Waals surface area contributed by atoms with Crippen molar-refractivity contribution in [1.82, 2.24) is 15.2 Å². The van der Waals surface area contributed by atoms with Crippen LogP contribution in [0.1, 0.15) is 51.4 Å². The SMILES string of the molecule is CN(CC(=O)NC1CCC(Oc2ccc3ncccc3c2)CC1)C1CCCC1. The topological polar surface area (TPSA) is 54.5 Å². The first-order chi connectivity index (χ1) is 13.7. The van der Waals surface area contributed by atoms with Gasteiger partial charge in [0.25, 0.3) is 0 Å². The van der Waals surface area contributed by atoms with E-state index in [4.69, 9.17) is 4.74 Å². The second-order valence-electron chi connectivity index (χ2n) is 8.37. The number of rotatable bonds is 6. The number of amides is 1. The molecule has 2 saturated carbocycles. The predicted octanol–water partition coefficient (Wildman–Crippen LogP) is 3.92. The molecule has 5 heteroatoms. The average Bonchev–Trinajstić information content (AvgIpc) is 3.24. The minimum atomic E-state index is 0.167. The largest absolute Gasteiger partial charge is 0.490 e. The number of carbonyl (C=O) groups is 1. The lowest BCUT2D eigenvalue weighted by Gasteiger charge is -2.30. The van der Waals surface area contributed by atoms with E-state index in [1.165, 1.54) is 25.7 Å². The molecule has 2 aromatic rings. The molecule has 0 atom stereocenters. The van der Waals surface area contributed by atoms with E-state index >= 15 is 0 Å². The van der Waals surface area contributed by atoms with Crippen LogP contribution in [0.3, 0.4) is 0 Å². The molecule has 0 radical (unpaired) electrons. The van der Waals surface area contributed by atoms with Crippen molar-refractivity contribution >= 4 is 16.8 Å². The van der Waals surface area contributed by atoms with E-state index in [9.17, 15) is 4.79 Å². The van der Waals surface area contributed by atoms with Crippen molar-refractivity contribution in [3.8, 4) is 5.75 Å². The highest BCUT2D eigenvalue weighted by molar-refractivity contribution is 5.79. The van der Waals surface area contributed by atoms with Gasteiger partial charge in [0.1, 0.15) is 5.75 Å². The molecule has 150 valence electrons. The lowest BCUT2D eigenvalue weighted by Crippen LogP contribution is -2.45. The maximum absolute atomic E-state index is 12.4. The van der Waals surface area contributed by atoms with Crippen molar-refractivity contribution in [2.24, 2.45) is 0 Å². The third-order valence-electron chi connectivity index (χ3n) is 6.26. The third-order valence-corrected chi connectivity index (χ3v) is 6.26. The Morgan fingerprint density at radius 2 is 1.93 bits per heavy atom. The fraction of sp³-hybridized carbons (Fsp3) is 0.565. The summed E-state index contributed by atoms with van der Waals surface area (Å²) in [5.41, 5.74) is 0.990. The monoisotopic (exact) mass is 381 g/mol. The molecule has 2 aliphatic rings. The van der Waals surface area contributed by atoms with Gasteiger partial charge in [-0.3, -0.25) is 14.7 Å². The van der Waals surface area contributed by atoms with E-state index < -0.39 is 0 Å². The maximum atomic E-state index is 12.4. The van der Waals surface area contributed by atoms with Gasteiger partial charge < -0.3 is 10.1 Å². The zero-order chi connectivity index (χ0) is 19.3. The van der Waals surface area contributed by atoms with Gasteiger partial charge in [0.15, 0.2) is 0 Å². The van der Waals surface area contributed by atoms with Crippen LogP contribution < -0.4 is 10.1 Å². The maximum Gasteiger partial charge on any atom is 0.234 e. The highest BCUT2D eigenvalue weighted by Gasteiger charge is 2.25. The molecule has 1 amide bonds. The first kappa shape index (κ1) is 19.2. The number of fused-ring (bicyclic) bond motifs is 1. The van der Waals surface area contributed by atoms with E-state index in [2.05, 4.69) is 34.4 Å². The van der Waals surface area contributed by atoms with Crippen molar-refractivity contribution in [3.05, 3.63) is 36.5 Å². The third kappa shape index (κ3) is 4.82. The summed E-state index contributed by atoms with van der Waals surface area (Å²) < 4.78 is 6.20. The predicted molar refractivity (Wildman–Crippen MR) is 111 cm³/mol. The summed E-state index contributed by atoms with van der Waals surface area (Å²) in [5.74, 6) is 1.08. The van der Waals surface area contributed by atoms with Crippen LogP contribution in [0.5, 0.6) is 5.75 Å². The van der Waals surface area contributed by atoms with E-state index in [1.807, 2.05) is 24.4 Å². The Labute approximate surface area is 167 Å².